The molecule has 0 saturated heterocycles. The van der Waals surface area contributed by atoms with Crippen molar-refractivity contribution in [3.8, 4) is 5.75 Å². The zero-order valence-corrected chi connectivity index (χ0v) is 11.7. The Morgan fingerprint density at radius 1 is 1.42 bits per heavy atom. The summed E-state index contributed by atoms with van der Waals surface area (Å²) >= 11 is 0. The van der Waals surface area contributed by atoms with Crippen molar-refractivity contribution in [3.05, 3.63) is 47.8 Å². The van der Waals surface area contributed by atoms with Crippen LogP contribution in [0, 0.1) is 0 Å². The molecule has 0 bridgehead atoms. The lowest BCUT2D eigenvalue weighted by Crippen LogP contribution is -2.28. The maximum atomic E-state index is 6.04. The van der Waals surface area contributed by atoms with Gasteiger partial charge in [0.15, 0.2) is 0 Å². The number of ether oxygens (including phenoxy) is 1. The van der Waals surface area contributed by atoms with Crippen LogP contribution in [-0.2, 0) is 13.5 Å². The normalized spacial score (nSPS) is 14.1. The first-order valence-corrected chi connectivity index (χ1v) is 6.60. The van der Waals surface area contributed by atoms with Crippen LogP contribution >= 0.6 is 0 Å². The van der Waals surface area contributed by atoms with Crippen molar-refractivity contribution in [2.75, 3.05) is 0 Å². The van der Waals surface area contributed by atoms with Gasteiger partial charge in [0.1, 0.15) is 11.9 Å². The van der Waals surface area contributed by atoms with E-state index in [1.807, 2.05) is 32.3 Å². The summed E-state index contributed by atoms with van der Waals surface area (Å²) in [6.07, 6.45) is 4.56. The summed E-state index contributed by atoms with van der Waals surface area (Å²) in [6, 6.07) is 8.03. The van der Waals surface area contributed by atoms with Crippen LogP contribution < -0.4 is 10.5 Å². The Morgan fingerprint density at radius 3 is 2.79 bits per heavy atom. The van der Waals surface area contributed by atoms with Gasteiger partial charge in [0.2, 0.25) is 0 Å². The maximum Gasteiger partial charge on any atom is 0.141 e. The average Bonchev–Trinajstić information content (AvgIpc) is 2.82. The number of nitrogens with two attached hydrogens (primary N) is 1. The summed E-state index contributed by atoms with van der Waals surface area (Å²) in [6.45, 7) is 4.07. The fourth-order valence-corrected chi connectivity index (χ4v) is 2.05. The van der Waals surface area contributed by atoms with Gasteiger partial charge in [0.25, 0.3) is 0 Å². The Hall–Kier alpha value is -1.81. The molecule has 2 aromatic rings. The second kappa shape index (κ2) is 5.89. The lowest BCUT2D eigenvalue weighted by Gasteiger charge is -2.21. The molecule has 0 fully saturated rings. The van der Waals surface area contributed by atoms with E-state index in [4.69, 9.17) is 10.5 Å². The standard InChI is InChI=1S/C15H21N3O/c1-4-12-6-5-7-14(8-12)19-15(11(2)16)13-9-17-18(3)10-13/h5-11,15H,4,16H2,1-3H3. The van der Waals surface area contributed by atoms with Crippen molar-refractivity contribution in [2.24, 2.45) is 12.8 Å². The van der Waals surface area contributed by atoms with Gasteiger partial charge in [-0.1, -0.05) is 19.1 Å². The van der Waals surface area contributed by atoms with Crippen LogP contribution in [-0.4, -0.2) is 15.8 Å². The smallest absolute Gasteiger partial charge is 0.141 e. The zero-order valence-electron chi connectivity index (χ0n) is 11.7. The fourth-order valence-electron chi connectivity index (χ4n) is 2.05. The molecular formula is C15H21N3O. The second-order valence-electron chi connectivity index (χ2n) is 4.85. The van der Waals surface area contributed by atoms with E-state index < -0.39 is 0 Å². The van der Waals surface area contributed by atoms with Gasteiger partial charge in [-0.05, 0) is 31.0 Å². The third-order valence-corrected chi connectivity index (χ3v) is 3.10. The quantitative estimate of drug-likeness (QED) is 0.897. The highest BCUT2D eigenvalue weighted by Gasteiger charge is 2.19. The molecule has 1 heterocycles. The Kier molecular flexibility index (Phi) is 4.22. The molecule has 0 aliphatic heterocycles. The molecule has 19 heavy (non-hydrogen) atoms. The second-order valence-corrected chi connectivity index (χ2v) is 4.85. The first-order chi connectivity index (χ1) is 9.10. The molecule has 0 saturated carbocycles. The van der Waals surface area contributed by atoms with E-state index >= 15 is 0 Å². The van der Waals surface area contributed by atoms with Crippen LogP contribution in [0.3, 0.4) is 0 Å². The highest BCUT2D eigenvalue weighted by Crippen LogP contribution is 2.24. The van der Waals surface area contributed by atoms with Gasteiger partial charge < -0.3 is 10.5 Å². The molecule has 102 valence electrons. The lowest BCUT2D eigenvalue weighted by molar-refractivity contribution is 0.180. The molecule has 0 amide bonds. The Labute approximate surface area is 114 Å². The van der Waals surface area contributed by atoms with Gasteiger partial charge >= 0.3 is 0 Å². The van der Waals surface area contributed by atoms with Crippen molar-refractivity contribution >= 4 is 0 Å². The molecule has 0 radical (unpaired) electrons. The van der Waals surface area contributed by atoms with Gasteiger partial charge in [-0.2, -0.15) is 5.10 Å². The van der Waals surface area contributed by atoms with Gasteiger partial charge in [-0.3, -0.25) is 4.68 Å². The number of nitrogens with zero attached hydrogens (tertiary/aromatic N) is 2. The molecule has 2 atom stereocenters. The van der Waals surface area contributed by atoms with Gasteiger partial charge in [-0.15, -0.1) is 0 Å². The molecule has 0 aliphatic carbocycles. The number of aryl methyl sites for hydroxylation is 2. The maximum absolute atomic E-state index is 6.04. The first kappa shape index (κ1) is 13.6. The molecule has 2 rings (SSSR count). The summed E-state index contributed by atoms with van der Waals surface area (Å²) in [7, 11) is 1.89. The molecule has 1 aromatic carbocycles. The minimum atomic E-state index is -0.180. The molecule has 0 aliphatic rings. The van der Waals surface area contributed by atoms with E-state index in [1.54, 1.807) is 10.9 Å². The van der Waals surface area contributed by atoms with E-state index in [1.165, 1.54) is 5.56 Å². The third-order valence-electron chi connectivity index (χ3n) is 3.10. The van der Waals surface area contributed by atoms with Crippen LogP contribution in [0.4, 0.5) is 0 Å². The largest absolute Gasteiger partial charge is 0.484 e. The van der Waals surface area contributed by atoms with Crippen molar-refractivity contribution in [2.45, 2.75) is 32.4 Å². The van der Waals surface area contributed by atoms with Gasteiger partial charge in [0.05, 0.1) is 6.20 Å². The summed E-state index contributed by atoms with van der Waals surface area (Å²) in [4.78, 5) is 0. The van der Waals surface area contributed by atoms with Crippen LogP contribution in [0.15, 0.2) is 36.7 Å². The summed E-state index contributed by atoms with van der Waals surface area (Å²) in [5.41, 5.74) is 8.29. The van der Waals surface area contributed by atoms with Crippen molar-refractivity contribution in [1.29, 1.82) is 0 Å². The number of hydrogen-bond acceptors (Lipinski definition) is 3. The van der Waals surface area contributed by atoms with E-state index in [-0.39, 0.29) is 12.1 Å². The van der Waals surface area contributed by atoms with Crippen LogP contribution in [0.5, 0.6) is 5.75 Å². The Bertz CT molecular complexity index is 534. The van der Waals surface area contributed by atoms with E-state index in [9.17, 15) is 0 Å². The van der Waals surface area contributed by atoms with Gasteiger partial charge in [-0.25, -0.2) is 0 Å². The van der Waals surface area contributed by atoms with E-state index in [0.717, 1.165) is 17.7 Å². The minimum absolute atomic E-state index is 0.102. The average molecular weight is 259 g/mol. The highest BCUT2D eigenvalue weighted by atomic mass is 16.5. The SMILES string of the molecule is CCc1cccc(OC(c2cnn(C)c2)C(C)N)c1. The molecule has 0 spiro atoms. The topological polar surface area (TPSA) is 53.1 Å². The molecule has 4 heteroatoms. The summed E-state index contributed by atoms with van der Waals surface area (Å²) in [5, 5.41) is 4.18. The van der Waals surface area contributed by atoms with Crippen LogP contribution in [0.2, 0.25) is 0 Å². The molecule has 4 nitrogen and oxygen atoms in total. The minimum Gasteiger partial charge on any atom is -0.484 e. The zero-order chi connectivity index (χ0) is 13.8. The number of hydrogen-bond donors (Lipinski definition) is 1. The molecule has 2 unspecified atom stereocenters. The van der Waals surface area contributed by atoms with Crippen LogP contribution in [0.25, 0.3) is 0 Å². The Balaban J connectivity index is 2.21. The fraction of sp³-hybridized carbons (Fsp3) is 0.400. The summed E-state index contributed by atoms with van der Waals surface area (Å²) in [5.74, 6) is 0.852. The highest BCUT2D eigenvalue weighted by molar-refractivity contribution is 5.29. The molecule has 1 aromatic heterocycles. The number of aromatic nitrogens is 2. The predicted molar refractivity (Wildman–Crippen MR) is 76.0 cm³/mol. The van der Waals surface area contributed by atoms with Gasteiger partial charge in [0, 0.05) is 24.8 Å². The monoisotopic (exact) mass is 259 g/mol. The lowest BCUT2D eigenvalue weighted by atomic mass is 10.1. The Morgan fingerprint density at radius 2 is 2.21 bits per heavy atom. The predicted octanol–water partition coefficient (Wildman–Crippen LogP) is 2.45. The van der Waals surface area contributed by atoms with Crippen LogP contribution in [0.1, 0.15) is 31.1 Å². The molecule has 2 N–H and O–H groups in total. The van der Waals surface area contributed by atoms with E-state index in [0.29, 0.717) is 0 Å². The van der Waals surface area contributed by atoms with Crippen molar-refractivity contribution < 1.29 is 4.74 Å². The molecular weight excluding hydrogens is 238 g/mol. The summed E-state index contributed by atoms with van der Waals surface area (Å²) < 4.78 is 7.80. The number of rotatable bonds is 5. The number of benzene rings is 1. The van der Waals surface area contributed by atoms with Crippen molar-refractivity contribution in [3.63, 3.8) is 0 Å². The third kappa shape index (κ3) is 3.35. The van der Waals surface area contributed by atoms with Crippen molar-refractivity contribution in [1.82, 2.24) is 9.78 Å². The van der Waals surface area contributed by atoms with E-state index in [2.05, 4.69) is 24.2 Å². The first-order valence-electron chi connectivity index (χ1n) is 6.60.